The van der Waals surface area contributed by atoms with Crippen molar-refractivity contribution in [3.8, 4) is 5.75 Å². The van der Waals surface area contributed by atoms with Crippen molar-refractivity contribution in [2.45, 2.75) is 58.3 Å². The number of alkyl halides is 2. The number of benzene rings is 1. The molecule has 2 aromatic heterocycles. The number of aliphatic hydroxyl groups is 2. The molecule has 7 N–H and O–H groups in total. The van der Waals surface area contributed by atoms with Gasteiger partial charge in [-0.2, -0.15) is 8.78 Å². The Labute approximate surface area is 263 Å². The summed E-state index contributed by atoms with van der Waals surface area (Å²) in [7, 11) is 0. The molecule has 0 radical (unpaired) electrons. The molecule has 4 rings (SSSR count). The molecule has 0 spiro atoms. The SMILES string of the molecule is CC(=O)C(C)(F)F.Nc1nc(N)c(C(=O)NCc2n(CC3CCCO3)c3cc(OCCO)ccc3[n+]2CCOCCO)nc1Cl. The van der Waals surface area contributed by atoms with Gasteiger partial charge in [-0.1, -0.05) is 11.6 Å². The number of fused-ring (bicyclic) bond motifs is 1. The van der Waals surface area contributed by atoms with Crippen molar-refractivity contribution in [3.63, 3.8) is 0 Å². The summed E-state index contributed by atoms with van der Waals surface area (Å²) in [5.74, 6) is -3.58. The van der Waals surface area contributed by atoms with E-state index in [4.69, 9.17) is 42.4 Å². The molecular weight excluding hydrogens is 620 g/mol. The first-order chi connectivity index (χ1) is 21.4. The van der Waals surface area contributed by atoms with Crippen molar-refractivity contribution in [2.75, 3.05) is 51.1 Å². The second-order valence-corrected chi connectivity index (χ2v) is 10.5. The molecule has 1 aromatic carbocycles. The van der Waals surface area contributed by atoms with Crippen LogP contribution in [0.3, 0.4) is 0 Å². The molecule has 1 amide bonds. The predicted octanol–water partition coefficient (Wildman–Crippen LogP) is 1.26. The van der Waals surface area contributed by atoms with Crippen LogP contribution in [0.2, 0.25) is 5.15 Å². The largest absolute Gasteiger partial charge is 0.491 e. The van der Waals surface area contributed by atoms with E-state index in [0.717, 1.165) is 36.6 Å². The summed E-state index contributed by atoms with van der Waals surface area (Å²) < 4.78 is 44.2. The highest BCUT2D eigenvalue weighted by Crippen LogP contribution is 2.25. The lowest BCUT2D eigenvalue weighted by Crippen LogP contribution is -2.43. The Morgan fingerprint density at radius 2 is 1.91 bits per heavy atom. The van der Waals surface area contributed by atoms with Crippen LogP contribution in [0.15, 0.2) is 18.2 Å². The van der Waals surface area contributed by atoms with Crippen LogP contribution >= 0.6 is 11.6 Å². The van der Waals surface area contributed by atoms with Crippen molar-refractivity contribution in [2.24, 2.45) is 0 Å². The maximum Gasteiger partial charge on any atom is 0.302 e. The number of rotatable bonds is 14. The molecule has 17 heteroatoms. The summed E-state index contributed by atoms with van der Waals surface area (Å²) in [6.45, 7) is 3.84. The van der Waals surface area contributed by atoms with Crippen LogP contribution in [0, 0.1) is 0 Å². The topological polar surface area (TPSA) is 201 Å². The minimum absolute atomic E-state index is 0.0126. The number of aliphatic hydroxyl groups excluding tert-OH is 2. The van der Waals surface area contributed by atoms with E-state index >= 15 is 0 Å². The van der Waals surface area contributed by atoms with Crippen LogP contribution in [-0.4, -0.2) is 88.1 Å². The number of nitrogen functional groups attached to an aromatic ring is 2. The normalized spacial score (nSPS) is 14.7. The minimum atomic E-state index is -3.14. The first kappa shape index (κ1) is 35.8. The molecule has 3 heterocycles. The fraction of sp³-hybridized carbons (Fsp3) is 0.536. The van der Waals surface area contributed by atoms with Crippen molar-refractivity contribution in [1.82, 2.24) is 19.9 Å². The molecule has 1 saturated heterocycles. The van der Waals surface area contributed by atoms with Crippen LogP contribution in [-0.2, 0) is 33.9 Å². The van der Waals surface area contributed by atoms with Gasteiger partial charge in [-0.25, -0.2) is 19.1 Å². The Morgan fingerprint density at radius 1 is 1.20 bits per heavy atom. The zero-order valence-electron chi connectivity index (χ0n) is 25.1. The smallest absolute Gasteiger partial charge is 0.302 e. The van der Waals surface area contributed by atoms with Crippen molar-refractivity contribution < 1.29 is 47.4 Å². The van der Waals surface area contributed by atoms with Gasteiger partial charge < -0.3 is 41.2 Å². The number of ether oxygens (including phenoxy) is 3. The summed E-state index contributed by atoms with van der Waals surface area (Å²) in [5, 5.41) is 21.0. The first-order valence-electron chi connectivity index (χ1n) is 14.2. The Morgan fingerprint density at radius 3 is 2.53 bits per heavy atom. The van der Waals surface area contributed by atoms with Crippen LogP contribution in [0.4, 0.5) is 20.4 Å². The number of anilines is 2. The molecular formula is C28H39ClF2N7O7+. The number of carbonyl (C=O) groups is 2. The zero-order valence-corrected chi connectivity index (χ0v) is 25.9. The molecule has 0 bridgehead atoms. The number of amides is 1. The van der Waals surface area contributed by atoms with Crippen LogP contribution in [0.5, 0.6) is 5.75 Å². The van der Waals surface area contributed by atoms with Gasteiger partial charge in [-0.15, -0.1) is 0 Å². The van der Waals surface area contributed by atoms with E-state index in [-0.39, 0.29) is 61.6 Å². The minimum Gasteiger partial charge on any atom is -0.491 e. The third kappa shape index (κ3) is 9.89. The summed E-state index contributed by atoms with van der Waals surface area (Å²) >= 11 is 5.96. The van der Waals surface area contributed by atoms with Gasteiger partial charge in [-0.3, -0.25) is 9.59 Å². The average molecular weight is 659 g/mol. The molecule has 3 aromatic rings. The molecule has 14 nitrogen and oxygen atoms in total. The number of carbonyl (C=O) groups excluding carboxylic acids is 2. The Hall–Kier alpha value is -3.70. The van der Waals surface area contributed by atoms with E-state index in [0.29, 0.717) is 39.0 Å². The van der Waals surface area contributed by atoms with Crippen molar-refractivity contribution >= 4 is 46.0 Å². The number of nitrogens with one attached hydrogen (secondary N) is 1. The Balaban J connectivity index is 0.000000707. The number of ketones is 1. The van der Waals surface area contributed by atoms with Gasteiger partial charge in [0.25, 0.3) is 11.7 Å². The molecule has 1 aliphatic heterocycles. The Bertz CT molecular complexity index is 1460. The third-order valence-corrected chi connectivity index (χ3v) is 7.04. The number of hydrogen-bond donors (Lipinski definition) is 5. The van der Waals surface area contributed by atoms with Gasteiger partial charge >= 0.3 is 5.92 Å². The number of halogens is 3. The standard InChI is InChI=1S/C24H32ClN7O6.C4H6F2O/c25-21-23(27)30-22(26)20(29-21)24(35)28-13-19-31(5-9-36-10-6-33)17-4-3-15(38-11-7-34)12-18(17)32(19)14-16-2-1-8-37-16;1-3(7)4(2,5)6/h3-4,12,16,33-34H,1-2,5-11,13-14H2,(H4-,26,27,28,30,35);1-2H3/p+1. The van der Waals surface area contributed by atoms with Crippen LogP contribution < -0.4 is 26.1 Å². The third-order valence-electron chi connectivity index (χ3n) is 6.76. The number of imidazole rings is 1. The lowest BCUT2D eigenvalue weighted by atomic mass is 10.2. The highest BCUT2D eigenvalue weighted by molar-refractivity contribution is 6.31. The van der Waals surface area contributed by atoms with Gasteiger partial charge in [-0.05, 0) is 25.0 Å². The summed E-state index contributed by atoms with van der Waals surface area (Å²) in [6, 6.07) is 5.66. The molecule has 1 atom stereocenters. The van der Waals surface area contributed by atoms with Gasteiger partial charge in [0.1, 0.15) is 32.0 Å². The van der Waals surface area contributed by atoms with Gasteiger partial charge in [0, 0.05) is 26.5 Å². The number of hydrogen-bond acceptors (Lipinski definition) is 11. The Kier molecular flexibility index (Phi) is 13.2. The number of nitrogens with zero attached hydrogens (tertiary/aromatic N) is 4. The van der Waals surface area contributed by atoms with E-state index in [2.05, 4.69) is 19.9 Å². The number of aromatic nitrogens is 4. The highest BCUT2D eigenvalue weighted by atomic mass is 35.5. The predicted molar refractivity (Wildman–Crippen MR) is 160 cm³/mol. The molecule has 1 unspecified atom stereocenters. The first-order valence-corrected chi connectivity index (χ1v) is 14.6. The number of nitrogens with two attached hydrogens (primary N) is 2. The second kappa shape index (κ2) is 16.6. The van der Waals surface area contributed by atoms with E-state index in [1.54, 1.807) is 0 Å². The van der Waals surface area contributed by atoms with Crippen molar-refractivity contribution in [1.29, 1.82) is 0 Å². The van der Waals surface area contributed by atoms with E-state index < -0.39 is 17.6 Å². The molecule has 0 aliphatic carbocycles. The maximum absolute atomic E-state index is 13.0. The highest BCUT2D eigenvalue weighted by Gasteiger charge is 2.30. The number of Topliss-reactive ketones (excluding diaryl/α,β-unsaturated/α-hetero) is 1. The lowest BCUT2D eigenvalue weighted by Gasteiger charge is -2.11. The van der Waals surface area contributed by atoms with Gasteiger partial charge in [0.2, 0.25) is 0 Å². The van der Waals surface area contributed by atoms with E-state index in [1.807, 2.05) is 22.8 Å². The average Bonchev–Trinajstić information content (AvgIpc) is 3.61. The molecule has 45 heavy (non-hydrogen) atoms. The quantitative estimate of drug-likeness (QED) is 0.123. The maximum atomic E-state index is 13.0. The zero-order chi connectivity index (χ0) is 33.1. The van der Waals surface area contributed by atoms with E-state index in [1.165, 1.54) is 0 Å². The molecule has 0 saturated carbocycles. The molecule has 248 valence electrons. The molecule has 1 aliphatic rings. The van der Waals surface area contributed by atoms with Gasteiger partial charge in [0.05, 0.1) is 32.5 Å². The fourth-order valence-corrected chi connectivity index (χ4v) is 4.56. The summed E-state index contributed by atoms with van der Waals surface area (Å²) in [6.07, 6.45) is 1.91. The summed E-state index contributed by atoms with van der Waals surface area (Å²) in [4.78, 5) is 30.6. The fourth-order valence-electron chi connectivity index (χ4n) is 4.43. The van der Waals surface area contributed by atoms with E-state index in [9.17, 15) is 23.5 Å². The van der Waals surface area contributed by atoms with Crippen molar-refractivity contribution in [3.05, 3.63) is 34.9 Å². The monoisotopic (exact) mass is 658 g/mol. The lowest BCUT2D eigenvalue weighted by molar-refractivity contribution is -0.681. The molecule has 1 fully saturated rings. The van der Waals surface area contributed by atoms with Crippen LogP contribution in [0.1, 0.15) is 43.0 Å². The van der Waals surface area contributed by atoms with Crippen LogP contribution in [0.25, 0.3) is 11.0 Å². The van der Waals surface area contributed by atoms with Gasteiger partial charge in [0.15, 0.2) is 39.3 Å². The summed E-state index contributed by atoms with van der Waals surface area (Å²) in [5.41, 5.74) is 13.2. The second-order valence-electron chi connectivity index (χ2n) is 10.1.